The average Bonchev–Trinajstić information content (AvgIpc) is 2.84. The van der Waals surface area contributed by atoms with E-state index in [-0.39, 0.29) is 0 Å². The summed E-state index contributed by atoms with van der Waals surface area (Å²) in [4.78, 5) is 12.5. The lowest BCUT2D eigenvalue weighted by Gasteiger charge is -2.08. The third-order valence-electron chi connectivity index (χ3n) is 2.32. The van der Waals surface area contributed by atoms with Crippen LogP contribution in [0.5, 0.6) is 0 Å². The van der Waals surface area contributed by atoms with Gasteiger partial charge < -0.3 is 5.11 Å². The number of aliphatic hydroxyl groups is 1. The Morgan fingerprint density at radius 2 is 2.05 bits per heavy atom. The molecular weight excluding hydrogens is 284 g/mol. The molecule has 4 nitrogen and oxygen atoms in total. The van der Waals surface area contributed by atoms with Gasteiger partial charge in [-0.05, 0) is 17.7 Å². The zero-order valence-corrected chi connectivity index (χ0v) is 11.4. The molecule has 0 fully saturated rings. The van der Waals surface area contributed by atoms with Gasteiger partial charge in [-0.25, -0.2) is 5.43 Å². The number of carbonyl (C=O) groups is 1. The first kappa shape index (κ1) is 13.7. The van der Waals surface area contributed by atoms with Gasteiger partial charge in [-0.1, -0.05) is 41.9 Å². The quantitative estimate of drug-likeness (QED) is 0.672. The Bertz CT molecular complexity index is 583. The van der Waals surface area contributed by atoms with Gasteiger partial charge >= 0.3 is 0 Å². The Morgan fingerprint density at radius 3 is 2.68 bits per heavy atom. The van der Waals surface area contributed by atoms with Crippen molar-refractivity contribution in [2.45, 2.75) is 6.10 Å². The first-order valence-corrected chi connectivity index (χ1v) is 6.67. The molecule has 0 saturated carbocycles. The van der Waals surface area contributed by atoms with Crippen LogP contribution in [-0.2, 0) is 4.79 Å². The highest BCUT2D eigenvalue weighted by molar-refractivity contribution is 7.17. The summed E-state index contributed by atoms with van der Waals surface area (Å²) in [7, 11) is 0. The third-order valence-corrected chi connectivity index (χ3v) is 3.49. The maximum atomic E-state index is 11.6. The molecule has 0 aliphatic rings. The van der Waals surface area contributed by atoms with Crippen molar-refractivity contribution in [3.8, 4) is 0 Å². The SMILES string of the molecule is O=C(N/N=C\c1ccc(Cl)s1)[C@H](O)c1ccccc1. The summed E-state index contributed by atoms with van der Waals surface area (Å²) in [5, 5.41) is 13.6. The van der Waals surface area contributed by atoms with Gasteiger partial charge in [-0.15, -0.1) is 11.3 Å². The summed E-state index contributed by atoms with van der Waals surface area (Å²) in [6.45, 7) is 0. The summed E-state index contributed by atoms with van der Waals surface area (Å²) in [5.41, 5.74) is 2.81. The number of hydrogen-bond acceptors (Lipinski definition) is 4. The second kappa shape index (κ2) is 6.47. The van der Waals surface area contributed by atoms with Crippen LogP contribution in [0.1, 0.15) is 16.5 Å². The fourth-order valence-electron chi connectivity index (χ4n) is 1.41. The smallest absolute Gasteiger partial charge is 0.273 e. The molecule has 98 valence electrons. The Balaban J connectivity index is 1.93. The second-order valence-electron chi connectivity index (χ2n) is 3.69. The van der Waals surface area contributed by atoms with Crippen LogP contribution < -0.4 is 5.43 Å². The molecule has 1 atom stereocenters. The van der Waals surface area contributed by atoms with Crippen LogP contribution >= 0.6 is 22.9 Å². The first-order valence-electron chi connectivity index (χ1n) is 5.48. The molecule has 2 rings (SSSR count). The number of benzene rings is 1. The Labute approximate surface area is 119 Å². The van der Waals surface area contributed by atoms with Crippen molar-refractivity contribution in [3.05, 3.63) is 57.2 Å². The molecule has 1 aromatic carbocycles. The Kier molecular flexibility index (Phi) is 4.68. The van der Waals surface area contributed by atoms with Crippen LogP contribution in [-0.4, -0.2) is 17.2 Å². The lowest BCUT2D eigenvalue weighted by molar-refractivity contribution is -0.129. The third kappa shape index (κ3) is 3.89. The summed E-state index contributed by atoms with van der Waals surface area (Å²) in [5.74, 6) is -0.579. The monoisotopic (exact) mass is 294 g/mol. The van der Waals surface area contributed by atoms with Crippen molar-refractivity contribution in [2.24, 2.45) is 5.10 Å². The zero-order chi connectivity index (χ0) is 13.7. The molecule has 6 heteroatoms. The maximum Gasteiger partial charge on any atom is 0.273 e. The van der Waals surface area contributed by atoms with Crippen LogP contribution in [0, 0.1) is 0 Å². The molecule has 0 saturated heterocycles. The minimum absolute atomic E-state index is 0.523. The molecule has 2 aromatic rings. The van der Waals surface area contributed by atoms with Crippen LogP contribution in [0.15, 0.2) is 47.6 Å². The number of amides is 1. The molecule has 0 aliphatic carbocycles. The number of halogens is 1. The Morgan fingerprint density at radius 1 is 1.32 bits per heavy atom. The topological polar surface area (TPSA) is 61.7 Å². The van der Waals surface area contributed by atoms with E-state index in [4.69, 9.17) is 11.6 Å². The van der Waals surface area contributed by atoms with Crippen molar-refractivity contribution >= 4 is 35.1 Å². The van der Waals surface area contributed by atoms with Crippen molar-refractivity contribution < 1.29 is 9.90 Å². The van der Waals surface area contributed by atoms with Gasteiger partial charge in [0.05, 0.1) is 10.6 Å². The predicted molar refractivity (Wildman–Crippen MR) is 76.5 cm³/mol. The fourth-order valence-corrected chi connectivity index (χ4v) is 2.34. The van der Waals surface area contributed by atoms with E-state index in [2.05, 4.69) is 10.5 Å². The van der Waals surface area contributed by atoms with E-state index < -0.39 is 12.0 Å². The van der Waals surface area contributed by atoms with Crippen molar-refractivity contribution in [1.29, 1.82) is 0 Å². The molecule has 0 unspecified atom stereocenters. The van der Waals surface area contributed by atoms with Crippen LogP contribution in [0.4, 0.5) is 0 Å². The van der Waals surface area contributed by atoms with Gasteiger partial charge in [0.15, 0.2) is 6.10 Å². The largest absolute Gasteiger partial charge is 0.378 e. The number of rotatable bonds is 4. The lowest BCUT2D eigenvalue weighted by Crippen LogP contribution is -2.25. The van der Waals surface area contributed by atoms with Crippen LogP contribution in [0.2, 0.25) is 4.34 Å². The zero-order valence-electron chi connectivity index (χ0n) is 9.79. The number of hydrogen-bond donors (Lipinski definition) is 2. The fraction of sp³-hybridized carbons (Fsp3) is 0.0769. The first-order chi connectivity index (χ1) is 9.16. The van der Waals surface area contributed by atoms with Crippen molar-refractivity contribution in [3.63, 3.8) is 0 Å². The maximum absolute atomic E-state index is 11.6. The van der Waals surface area contributed by atoms with E-state index in [1.54, 1.807) is 36.4 Å². The van der Waals surface area contributed by atoms with E-state index in [0.717, 1.165) is 4.88 Å². The summed E-state index contributed by atoms with van der Waals surface area (Å²) in [6.07, 6.45) is 0.247. The molecule has 0 radical (unpaired) electrons. The minimum Gasteiger partial charge on any atom is -0.378 e. The molecule has 1 aromatic heterocycles. The van der Waals surface area contributed by atoms with Gasteiger partial charge in [0.25, 0.3) is 5.91 Å². The number of aliphatic hydroxyl groups excluding tert-OH is 1. The molecule has 0 spiro atoms. The van der Waals surface area contributed by atoms with E-state index in [9.17, 15) is 9.90 Å². The summed E-state index contributed by atoms with van der Waals surface area (Å²) >= 11 is 7.11. The number of hydrazone groups is 1. The molecule has 2 N–H and O–H groups in total. The standard InChI is InChI=1S/C13H11ClN2O2S/c14-11-7-6-10(19-11)8-15-16-13(18)12(17)9-4-2-1-3-5-9/h1-8,12,17H,(H,16,18)/b15-8-/t12-/m1/s1. The molecule has 0 bridgehead atoms. The van der Waals surface area contributed by atoms with Crippen molar-refractivity contribution in [2.75, 3.05) is 0 Å². The van der Waals surface area contributed by atoms with Gasteiger partial charge in [0.2, 0.25) is 0 Å². The second-order valence-corrected chi connectivity index (χ2v) is 5.44. The number of nitrogens with one attached hydrogen (secondary N) is 1. The highest BCUT2D eigenvalue weighted by atomic mass is 35.5. The lowest BCUT2D eigenvalue weighted by atomic mass is 10.1. The highest BCUT2D eigenvalue weighted by Crippen LogP contribution is 2.19. The van der Waals surface area contributed by atoms with E-state index in [1.165, 1.54) is 17.6 Å². The van der Waals surface area contributed by atoms with Crippen LogP contribution in [0.3, 0.4) is 0 Å². The van der Waals surface area contributed by atoms with Gasteiger partial charge in [-0.3, -0.25) is 4.79 Å². The highest BCUT2D eigenvalue weighted by Gasteiger charge is 2.15. The van der Waals surface area contributed by atoms with Gasteiger partial charge in [-0.2, -0.15) is 5.10 Å². The number of thiophene rings is 1. The predicted octanol–water partition coefficient (Wildman–Crippen LogP) is 2.59. The summed E-state index contributed by atoms with van der Waals surface area (Å²) < 4.78 is 0.650. The number of carbonyl (C=O) groups excluding carboxylic acids is 1. The average molecular weight is 295 g/mol. The molecule has 19 heavy (non-hydrogen) atoms. The molecule has 1 heterocycles. The van der Waals surface area contributed by atoms with E-state index >= 15 is 0 Å². The van der Waals surface area contributed by atoms with Crippen molar-refractivity contribution in [1.82, 2.24) is 5.43 Å². The van der Waals surface area contributed by atoms with Gasteiger partial charge in [0, 0.05) is 4.88 Å². The van der Waals surface area contributed by atoms with Crippen LogP contribution in [0.25, 0.3) is 0 Å². The van der Waals surface area contributed by atoms with E-state index in [1.807, 2.05) is 6.07 Å². The number of nitrogens with zero attached hydrogens (tertiary/aromatic N) is 1. The molecule has 0 aliphatic heterocycles. The summed E-state index contributed by atoms with van der Waals surface area (Å²) in [6, 6.07) is 12.2. The molecule has 1 amide bonds. The normalized spacial score (nSPS) is 12.5. The van der Waals surface area contributed by atoms with Gasteiger partial charge in [0.1, 0.15) is 0 Å². The minimum atomic E-state index is -1.23. The van der Waals surface area contributed by atoms with E-state index in [0.29, 0.717) is 9.90 Å². The molecular formula is C13H11ClN2O2S. The Hall–Kier alpha value is -1.69.